The quantitative estimate of drug-likeness (QED) is 0.111. The summed E-state index contributed by atoms with van der Waals surface area (Å²) in [7, 11) is 1.40. The van der Waals surface area contributed by atoms with Gasteiger partial charge in [-0.1, -0.05) is 62.1 Å². The van der Waals surface area contributed by atoms with Crippen LogP contribution in [-0.4, -0.2) is 35.8 Å². The summed E-state index contributed by atoms with van der Waals surface area (Å²) >= 11 is 0. The van der Waals surface area contributed by atoms with E-state index in [0.29, 0.717) is 12.8 Å². The molecule has 0 aliphatic heterocycles. The molecule has 144 valence electrons. The largest absolute Gasteiger partial charge is 0.469 e. The van der Waals surface area contributed by atoms with Crippen molar-refractivity contribution in [3.63, 3.8) is 0 Å². The Morgan fingerprint density at radius 3 is 2.28 bits per heavy atom. The number of hydrogen-bond donors (Lipinski definition) is 2. The monoisotopic (exact) mass is 356 g/mol. The minimum absolute atomic E-state index is 0.158. The van der Waals surface area contributed by atoms with E-state index in [1.807, 2.05) is 25.2 Å². The summed E-state index contributed by atoms with van der Waals surface area (Å²) in [5.74, 6) is -0.158. The van der Waals surface area contributed by atoms with Crippen molar-refractivity contribution in [2.45, 2.75) is 70.5 Å². The second-order valence-electron chi connectivity index (χ2n) is 5.74. The van der Waals surface area contributed by atoms with Gasteiger partial charge in [0.25, 0.3) is 0 Å². The van der Waals surface area contributed by atoms with Crippen molar-refractivity contribution in [2.24, 2.45) is 0 Å². The average molecular weight is 356 g/mol. The summed E-state index contributed by atoms with van der Waals surface area (Å²) < 4.78 is 4.59. The molecule has 0 aromatic heterocycles. The number of allylic oxidation sites excluding steroid dienone is 3. The zero-order valence-electron chi connectivity index (χ0n) is 15.3. The summed E-state index contributed by atoms with van der Waals surface area (Å²) in [6, 6.07) is 0. The smallest absolute Gasteiger partial charge is 0.305 e. The van der Waals surface area contributed by atoms with Gasteiger partial charge in [0, 0.05) is 6.42 Å². The molecular formula is C19H32O6. The fourth-order valence-electron chi connectivity index (χ4n) is 2.28. The maximum atomic E-state index is 11.0. The normalized spacial score (nSPS) is 14.6. The van der Waals surface area contributed by atoms with E-state index in [1.165, 1.54) is 7.11 Å². The molecule has 0 aliphatic rings. The van der Waals surface area contributed by atoms with E-state index >= 15 is 0 Å². The van der Waals surface area contributed by atoms with Crippen molar-refractivity contribution in [1.29, 1.82) is 0 Å². The topological polar surface area (TPSA) is 85.2 Å². The summed E-state index contributed by atoms with van der Waals surface area (Å²) in [4.78, 5) is 19.7. The first-order chi connectivity index (χ1) is 12.2. The Kier molecular flexibility index (Phi) is 16.3. The Morgan fingerprint density at radius 2 is 1.64 bits per heavy atom. The Balaban J connectivity index is 3.81. The summed E-state index contributed by atoms with van der Waals surface area (Å²) in [5, 5.41) is 17.6. The number of ether oxygens (including phenoxy) is 1. The van der Waals surface area contributed by atoms with E-state index in [1.54, 1.807) is 18.2 Å². The van der Waals surface area contributed by atoms with Gasteiger partial charge in [-0.05, 0) is 26.2 Å². The Hall–Kier alpha value is -1.47. The molecule has 0 amide bonds. The number of carbonyl (C=O) groups is 1. The van der Waals surface area contributed by atoms with Crippen molar-refractivity contribution in [1.82, 2.24) is 0 Å². The van der Waals surface area contributed by atoms with Crippen LogP contribution in [0.5, 0.6) is 0 Å². The van der Waals surface area contributed by atoms with Crippen LogP contribution < -0.4 is 0 Å². The molecule has 25 heavy (non-hydrogen) atoms. The maximum Gasteiger partial charge on any atom is 0.305 e. The van der Waals surface area contributed by atoms with Crippen molar-refractivity contribution in [3.05, 3.63) is 36.5 Å². The molecule has 0 bridgehead atoms. The van der Waals surface area contributed by atoms with Crippen molar-refractivity contribution < 1.29 is 29.8 Å². The standard InChI is InChI=1S/C19H32O6/c1-3-12-17(24-21)13-9-7-10-15-18(25-22)14-8-5-4-6-11-16-19(20)23-2/h3,7,9-10,12,15,17-18,21-22H,4-6,8,11,13-14,16H2,1-2H3/b9-7-,12-3+,15-10+. The predicted molar refractivity (Wildman–Crippen MR) is 97.0 cm³/mol. The van der Waals surface area contributed by atoms with Crippen molar-refractivity contribution in [3.8, 4) is 0 Å². The third kappa shape index (κ3) is 14.6. The number of hydrogen-bond acceptors (Lipinski definition) is 6. The molecule has 0 saturated carbocycles. The van der Waals surface area contributed by atoms with Crippen LogP contribution >= 0.6 is 0 Å². The SMILES string of the molecule is C/C=C/C(C/C=C\C=C\C(CCCCCCCC(=O)OC)OO)OO. The summed E-state index contributed by atoms with van der Waals surface area (Å²) in [6.07, 6.45) is 16.8. The van der Waals surface area contributed by atoms with Gasteiger partial charge < -0.3 is 4.74 Å². The van der Waals surface area contributed by atoms with Gasteiger partial charge in [-0.15, -0.1) is 0 Å². The molecule has 2 N–H and O–H groups in total. The third-order valence-electron chi connectivity index (χ3n) is 3.72. The second kappa shape index (κ2) is 17.4. The van der Waals surface area contributed by atoms with Gasteiger partial charge in [-0.2, -0.15) is 0 Å². The molecule has 0 fully saturated rings. The van der Waals surface area contributed by atoms with Gasteiger partial charge in [-0.3, -0.25) is 15.3 Å². The van der Waals surface area contributed by atoms with Crippen LogP contribution in [0.2, 0.25) is 0 Å². The van der Waals surface area contributed by atoms with Crippen LogP contribution in [0.15, 0.2) is 36.5 Å². The molecule has 0 radical (unpaired) electrons. The Labute approximate surface area is 150 Å². The van der Waals surface area contributed by atoms with Crippen LogP contribution in [0.1, 0.15) is 58.3 Å². The molecule has 0 aliphatic carbocycles. The van der Waals surface area contributed by atoms with Gasteiger partial charge >= 0.3 is 5.97 Å². The first-order valence-electron chi connectivity index (χ1n) is 8.81. The van der Waals surface area contributed by atoms with Gasteiger partial charge in [0.2, 0.25) is 0 Å². The predicted octanol–water partition coefficient (Wildman–Crippen LogP) is 4.69. The lowest BCUT2D eigenvalue weighted by Crippen LogP contribution is -2.06. The Bertz CT molecular complexity index is 403. The molecule has 0 saturated heterocycles. The van der Waals surface area contributed by atoms with Crippen LogP contribution in [0.3, 0.4) is 0 Å². The van der Waals surface area contributed by atoms with Gasteiger partial charge in [0.15, 0.2) is 0 Å². The number of esters is 1. The molecule has 0 rings (SSSR count). The second-order valence-corrected chi connectivity index (χ2v) is 5.74. The fourth-order valence-corrected chi connectivity index (χ4v) is 2.28. The number of methoxy groups -OCH3 is 1. The highest BCUT2D eigenvalue weighted by atomic mass is 17.1. The Morgan fingerprint density at radius 1 is 0.960 bits per heavy atom. The molecule has 6 nitrogen and oxygen atoms in total. The van der Waals surface area contributed by atoms with Gasteiger partial charge in [-0.25, -0.2) is 9.78 Å². The molecule has 0 heterocycles. The van der Waals surface area contributed by atoms with E-state index in [0.717, 1.165) is 38.5 Å². The van der Waals surface area contributed by atoms with E-state index in [2.05, 4.69) is 14.5 Å². The van der Waals surface area contributed by atoms with E-state index in [-0.39, 0.29) is 18.2 Å². The summed E-state index contributed by atoms with van der Waals surface area (Å²) in [6.45, 7) is 1.86. The third-order valence-corrected chi connectivity index (χ3v) is 3.72. The minimum atomic E-state index is -0.348. The fraction of sp³-hybridized carbons (Fsp3) is 0.632. The molecule has 0 spiro atoms. The molecule has 2 unspecified atom stereocenters. The highest BCUT2D eigenvalue weighted by Crippen LogP contribution is 2.11. The molecular weight excluding hydrogens is 324 g/mol. The number of carbonyl (C=O) groups excluding carboxylic acids is 1. The van der Waals surface area contributed by atoms with E-state index < -0.39 is 0 Å². The van der Waals surface area contributed by atoms with Crippen molar-refractivity contribution >= 4 is 5.97 Å². The van der Waals surface area contributed by atoms with Gasteiger partial charge in [0.05, 0.1) is 7.11 Å². The highest BCUT2D eigenvalue weighted by molar-refractivity contribution is 5.68. The zero-order valence-corrected chi connectivity index (χ0v) is 15.3. The first-order valence-corrected chi connectivity index (χ1v) is 8.81. The molecule has 2 atom stereocenters. The number of rotatable bonds is 15. The van der Waals surface area contributed by atoms with Crippen LogP contribution in [0.4, 0.5) is 0 Å². The van der Waals surface area contributed by atoms with Crippen LogP contribution in [-0.2, 0) is 19.3 Å². The lowest BCUT2D eigenvalue weighted by Gasteiger charge is -2.08. The zero-order chi connectivity index (χ0) is 18.8. The lowest BCUT2D eigenvalue weighted by molar-refractivity contribution is -0.267. The molecule has 0 aromatic carbocycles. The minimum Gasteiger partial charge on any atom is -0.469 e. The number of unbranched alkanes of at least 4 members (excludes halogenated alkanes) is 4. The maximum absolute atomic E-state index is 11.0. The van der Waals surface area contributed by atoms with E-state index in [4.69, 9.17) is 10.5 Å². The van der Waals surface area contributed by atoms with E-state index in [9.17, 15) is 4.79 Å². The highest BCUT2D eigenvalue weighted by Gasteiger charge is 2.04. The molecule has 6 heteroatoms. The molecule has 0 aromatic rings. The first kappa shape index (κ1) is 23.5. The summed E-state index contributed by atoms with van der Waals surface area (Å²) in [5.41, 5.74) is 0. The van der Waals surface area contributed by atoms with Gasteiger partial charge in [0.1, 0.15) is 12.2 Å². The lowest BCUT2D eigenvalue weighted by atomic mass is 10.1. The van der Waals surface area contributed by atoms with Crippen LogP contribution in [0, 0.1) is 0 Å². The van der Waals surface area contributed by atoms with Crippen molar-refractivity contribution in [2.75, 3.05) is 7.11 Å². The average Bonchev–Trinajstić information content (AvgIpc) is 2.63. The van der Waals surface area contributed by atoms with Crippen LogP contribution in [0.25, 0.3) is 0 Å².